The van der Waals surface area contributed by atoms with Crippen molar-refractivity contribution in [2.75, 3.05) is 13.1 Å². The van der Waals surface area contributed by atoms with Crippen molar-refractivity contribution in [3.8, 4) is 0 Å². The van der Waals surface area contributed by atoms with Crippen molar-refractivity contribution in [1.29, 1.82) is 0 Å². The van der Waals surface area contributed by atoms with Crippen LogP contribution >= 0.6 is 22.9 Å². The van der Waals surface area contributed by atoms with Gasteiger partial charge >= 0.3 is 0 Å². The summed E-state index contributed by atoms with van der Waals surface area (Å²) < 4.78 is 0. The average Bonchev–Trinajstić information content (AvgIpc) is 3.04. The van der Waals surface area contributed by atoms with Gasteiger partial charge in [-0.25, -0.2) is 4.98 Å². The largest absolute Gasteiger partial charge is 0.294 e. The molecule has 1 aromatic heterocycles. The molecular formula is C13H21ClN2S. The van der Waals surface area contributed by atoms with Crippen molar-refractivity contribution in [1.82, 2.24) is 9.88 Å². The molecule has 1 heterocycles. The van der Waals surface area contributed by atoms with E-state index in [-0.39, 0.29) is 0 Å². The molecule has 2 nitrogen and oxygen atoms in total. The van der Waals surface area contributed by atoms with Crippen molar-refractivity contribution in [2.24, 2.45) is 5.92 Å². The lowest BCUT2D eigenvalue weighted by Crippen LogP contribution is -2.30. The lowest BCUT2D eigenvalue weighted by molar-refractivity contribution is 0.193. The molecule has 0 saturated heterocycles. The van der Waals surface area contributed by atoms with Crippen molar-refractivity contribution in [2.45, 2.75) is 45.0 Å². The summed E-state index contributed by atoms with van der Waals surface area (Å²) in [7, 11) is 0. The van der Waals surface area contributed by atoms with Crippen molar-refractivity contribution >= 4 is 22.9 Å². The number of halogens is 1. The maximum Gasteiger partial charge on any atom is 0.110 e. The van der Waals surface area contributed by atoms with Gasteiger partial charge in [0.1, 0.15) is 5.01 Å². The molecule has 1 aromatic rings. The second-order valence-electron chi connectivity index (χ2n) is 4.77. The summed E-state index contributed by atoms with van der Waals surface area (Å²) in [4.78, 5) is 7.22. The molecule has 17 heavy (non-hydrogen) atoms. The van der Waals surface area contributed by atoms with Crippen LogP contribution in [-0.2, 0) is 5.88 Å². The summed E-state index contributed by atoms with van der Waals surface area (Å²) in [6.45, 7) is 6.86. The molecule has 1 fully saturated rings. The van der Waals surface area contributed by atoms with Gasteiger partial charge in [0.15, 0.2) is 0 Å². The summed E-state index contributed by atoms with van der Waals surface area (Å²) in [6, 6.07) is 0.488. The van der Waals surface area contributed by atoms with Crippen LogP contribution in [0.4, 0.5) is 0 Å². The Labute approximate surface area is 113 Å². The summed E-state index contributed by atoms with van der Waals surface area (Å²) in [5, 5.41) is 3.33. The van der Waals surface area contributed by atoms with E-state index in [1.807, 2.05) is 0 Å². The normalized spacial score (nSPS) is 17.6. The van der Waals surface area contributed by atoms with Crippen LogP contribution in [0.1, 0.15) is 49.9 Å². The van der Waals surface area contributed by atoms with Crippen LogP contribution in [-0.4, -0.2) is 23.0 Å². The Morgan fingerprint density at radius 1 is 1.53 bits per heavy atom. The van der Waals surface area contributed by atoms with Crippen LogP contribution in [0.15, 0.2) is 5.38 Å². The molecular weight excluding hydrogens is 252 g/mol. The minimum atomic E-state index is 0.488. The number of rotatable bonds is 7. The fraction of sp³-hybridized carbons (Fsp3) is 0.769. The molecule has 0 spiro atoms. The summed E-state index contributed by atoms with van der Waals surface area (Å²) in [5.74, 6) is 1.47. The van der Waals surface area contributed by atoms with Crippen LogP contribution < -0.4 is 0 Å². The van der Waals surface area contributed by atoms with Gasteiger partial charge in [-0.3, -0.25) is 4.90 Å². The molecule has 1 saturated carbocycles. The maximum atomic E-state index is 5.83. The summed E-state index contributed by atoms with van der Waals surface area (Å²) >= 11 is 7.59. The molecule has 4 heteroatoms. The number of hydrogen-bond acceptors (Lipinski definition) is 3. The first-order valence-corrected chi connectivity index (χ1v) is 7.94. The van der Waals surface area contributed by atoms with Gasteiger partial charge in [0.05, 0.1) is 17.6 Å². The van der Waals surface area contributed by atoms with E-state index in [4.69, 9.17) is 11.6 Å². The van der Waals surface area contributed by atoms with Crippen LogP contribution in [0.5, 0.6) is 0 Å². The standard InChI is InChI=1S/C13H21ClN2S/c1-3-12(13-15-11(7-14)9-17-13)16(4-2)8-10-5-6-10/h9-10,12H,3-8H2,1-2H3. The van der Waals surface area contributed by atoms with E-state index in [0.717, 1.165) is 24.6 Å². The Morgan fingerprint density at radius 3 is 2.76 bits per heavy atom. The van der Waals surface area contributed by atoms with Gasteiger partial charge < -0.3 is 0 Å². The first-order valence-electron chi connectivity index (χ1n) is 6.52. The Bertz CT molecular complexity index is 349. The number of thiazole rings is 1. The highest BCUT2D eigenvalue weighted by Crippen LogP contribution is 2.34. The highest BCUT2D eigenvalue weighted by Gasteiger charge is 2.28. The third-order valence-electron chi connectivity index (χ3n) is 3.41. The fourth-order valence-corrected chi connectivity index (χ4v) is 3.50. The van der Waals surface area contributed by atoms with E-state index < -0.39 is 0 Å². The zero-order valence-electron chi connectivity index (χ0n) is 10.7. The molecule has 96 valence electrons. The van der Waals surface area contributed by atoms with Gasteiger partial charge in [0.25, 0.3) is 0 Å². The van der Waals surface area contributed by atoms with E-state index in [1.165, 1.54) is 24.4 Å². The predicted octanol–water partition coefficient (Wildman–Crippen LogP) is 4.06. The quantitative estimate of drug-likeness (QED) is 0.696. The molecule has 0 aliphatic heterocycles. The fourth-order valence-electron chi connectivity index (χ4n) is 2.23. The van der Waals surface area contributed by atoms with Gasteiger partial charge in [-0.1, -0.05) is 13.8 Å². The number of aromatic nitrogens is 1. The van der Waals surface area contributed by atoms with Gasteiger partial charge in [-0.15, -0.1) is 22.9 Å². The first-order chi connectivity index (χ1) is 8.28. The lowest BCUT2D eigenvalue weighted by atomic mass is 10.2. The minimum Gasteiger partial charge on any atom is -0.294 e. The zero-order chi connectivity index (χ0) is 12.3. The van der Waals surface area contributed by atoms with E-state index in [0.29, 0.717) is 11.9 Å². The van der Waals surface area contributed by atoms with Crippen LogP contribution in [0.2, 0.25) is 0 Å². The van der Waals surface area contributed by atoms with Gasteiger partial charge in [-0.2, -0.15) is 0 Å². The highest BCUT2D eigenvalue weighted by molar-refractivity contribution is 7.09. The topological polar surface area (TPSA) is 16.1 Å². The second-order valence-corrected chi connectivity index (χ2v) is 5.92. The molecule has 1 aliphatic carbocycles. The van der Waals surface area contributed by atoms with Gasteiger partial charge in [-0.05, 0) is 31.7 Å². The molecule has 1 aliphatic rings. The van der Waals surface area contributed by atoms with Crippen molar-refractivity contribution in [3.05, 3.63) is 16.1 Å². The number of hydrogen-bond donors (Lipinski definition) is 0. The van der Waals surface area contributed by atoms with Gasteiger partial charge in [0, 0.05) is 11.9 Å². The van der Waals surface area contributed by atoms with Crippen molar-refractivity contribution in [3.63, 3.8) is 0 Å². The molecule has 0 aromatic carbocycles. The van der Waals surface area contributed by atoms with Crippen LogP contribution in [0.25, 0.3) is 0 Å². The molecule has 1 unspecified atom stereocenters. The third kappa shape index (κ3) is 3.43. The summed E-state index contributed by atoms with van der Waals surface area (Å²) in [6.07, 6.45) is 3.96. The molecule has 0 amide bonds. The van der Waals surface area contributed by atoms with E-state index >= 15 is 0 Å². The predicted molar refractivity (Wildman–Crippen MR) is 74.7 cm³/mol. The third-order valence-corrected chi connectivity index (χ3v) is 4.68. The smallest absolute Gasteiger partial charge is 0.110 e. The Hall–Kier alpha value is -0.120. The zero-order valence-corrected chi connectivity index (χ0v) is 12.2. The SMILES string of the molecule is CCC(c1nc(CCl)cs1)N(CC)CC1CC1. The average molecular weight is 273 g/mol. The maximum absolute atomic E-state index is 5.83. The number of nitrogens with zero attached hydrogens (tertiary/aromatic N) is 2. The second kappa shape index (κ2) is 6.17. The van der Waals surface area contributed by atoms with E-state index in [1.54, 1.807) is 11.3 Å². The first kappa shape index (κ1) is 13.3. The number of alkyl halides is 1. The Kier molecular flexibility index (Phi) is 4.83. The highest BCUT2D eigenvalue weighted by atomic mass is 35.5. The Morgan fingerprint density at radius 2 is 2.29 bits per heavy atom. The van der Waals surface area contributed by atoms with E-state index in [2.05, 4.69) is 29.1 Å². The monoisotopic (exact) mass is 272 g/mol. The molecule has 0 radical (unpaired) electrons. The van der Waals surface area contributed by atoms with Crippen LogP contribution in [0, 0.1) is 5.92 Å². The van der Waals surface area contributed by atoms with Crippen LogP contribution in [0.3, 0.4) is 0 Å². The molecule has 1 atom stereocenters. The Balaban J connectivity index is 2.06. The lowest BCUT2D eigenvalue weighted by Gasteiger charge is -2.28. The van der Waals surface area contributed by atoms with E-state index in [9.17, 15) is 0 Å². The van der Waals surface area contributed by atoms with Gasteiger partial charge in [0.2, 0.25) is 0 Å². The molecule has 0 N–H and O–H groups in total. The molecule has 2 rings (SSSR count). The summed E-state index contributed by atoms with van der Waals surface area (Å²) in [5.41, 5.74) is 1.02. The van der Waals surface area contributed by atoms with Crippen molar-refractivity contribution < 1.29 is 0 Å². The molecule has 0 bridgehead atoms. The minimum absolute atomic E-state index is 0.488.